The van der Waals surface area contributed by atoms with E-state index >= 15 is 0 Å². The molecule has 41 heavy (non-hydrogen) atoms. The number of halogens is 3. The van der Waals surface area contributed by atoms with Crippen LogP contribution in [0.4, 0.5) is 0 Å². The van der Waals surface area contributed by atoms with Gasteiger partial charge >= 0.3 is 11.9 Å². The summed E-state index contributed by atoms with van der Waals surface area (Å²) in [6.45, 7) is 3.24. The second-order valence-electron chi connectivity index (χ2n) is 8.80. The topological polar surface area (TPSA) is 116 Å². The number of carboxylic acid groups (broad SMARTS) is 1. The quantitative estimate of drug-likeness (QED) is 0.295. The van der Waals surface area contributed by atoms with Gasteiger partial charge in [-0.2, -0.15) is 0 Å². The molecule has 0 radical (unpaired) electrons. The van der Waals surface area contributed by atoms with E-state index in [9.17, 15) is 14.4 Å². The fourth-order valence-corrected chi connectivity index (χ4v) is 6.43. The molecule has 0 fully saturated rings. The first-order chi connectivity index (χ1) is 19.6. The second kappa shape index (κ2) is 13.2. The van der Waals surface area contributed by atoms with Gasteiger partial charge in [-0.3, -0.25) is 9.36 Å². The summed E-state index contributed by atoms with van der Waals surface area (Å²) < 4.78 is 18.8. The van der Waals surface area contributed by atoms with Gasteiger partial charge in [0.2, 0.25) is 0 Å². The smallest absolute Gasteiger partial charge is 0.341 e. The third kappa shape index (κ3) is 6.53. The number of rotatable bonds is 10. The number of esters is 1. The Labute approximate surface area is 257 Å². The molecule has 1 aromatic heterocycles. The van der Waals surface area contributed by atoms with Crippen molar-refractivity contribution in [2.45, 2.75) is 32.7 Å². The molecule has 0 spiro atoms. The molecule has 1 N–H and O–H groups in total. The lowest BCUT2D eigenvalue weighted by Gasteiger charge is -2.27. The Bertz CT molecular complexity index is 1710. The molecule has 1 atom stereocenters. The number of benzene rings is 2. The molecule has 2 heterocycles. The van der Waals surface area contributed by atoms with Crippen LogP contribution in [0, 0.1) is 0 Å². The summed E-state index contributed by atoms with van der Waals surface area (Å²) in [6.07, 6.45) is 2.81. The van der Waals surface area contributed by atoms with E-state index in [1.54, 1.807) is 19.1 Å². The van der Waals surface area contributed by atoms with E-state index in [2.05, 4.69) is 15.9 Å². The average molecular weight is 684 g/mol. The van der Waals surface area contributed by atoms with Crippen LogP contribution >= 0.6 is 50.5 Å². The van der Waals surface area contributed by atoms with E-state index in [1.807, 2.05) is 19.1 Å². The Morgan fingerprint density at radius 3 is 2.51 bits per heavy atom. The Morgan fingerprint density at radius 2 is 1.90 bits per heavy atom. The number of aliphatic carboxylic acids is 1. The van der Waals surface area contributed by atoms with Crippen molar-refractivity contribution in [1.82, 2.24) is 4.57 Å². The molecule has 0 bridgehead atoms. The van der Waals surface area contributed by atoms with Crippen LogP contribution in [0.15, 0.2) is 55.9 Å². The summed E-state index contributed by atoms with van der Waals surface area (Å²) in [5, 5.41) is 9.07. The molecular formula is C28H25BrCl2N2O7S. The number of carboxylic acids is 1. The van der Waals surface area contributed by atoms with Crippen LogP contribution in [0.2, 0.25) is 10.0 Å². The van der Waals surface area contributed by atoms with Gasteiger partial charge in [-0.15, -0.1) is 0 Å². The summed E-state index contributed by atoms with van der Waals surface area (Å²) in [5.74, 6) is -1.22. The second-order valence-corrected chi connectivity index (χ2v) is 11.5. The summed E-state index contributed by atoms with van der Waals surface area (Å²) in [5.41, 5.74) is 1.50. The van der Waals surface area contributed by atoms with Gasteiger partial charge < -0.3 is 19.3 Å². The molecule has 4 rings (SSSR count). The normalized spacial score (nSPS) is 14.9. The summed E-state index contributed by atoms with van der Waals surface area (Å²) in [4.78, 5) is 43.4. The molecule has 0 unspecified atom stereocenters. The molecule has 216 valence electrons. The van der Waals surface area contributed by atoms with Gasteiger partial charge in [-0.05, 0) is 55.3 Å². The first-order valence-electron chi connectivity index (χ1n) is 12.5. The standard InChI is InChI=1S/C28H25BrCl2N2O7S/c1-4-6-19-23(27(37)39-5-2)24(16-12-15(29)7-8-20(16)38-3)33-26(36)21(41-28(33)32-19)11-14-9-17(30)25(18(31)10-14)40-13-22(34)35/h7-12,24H,4-6,13H2,1-3H3,(H,34,35)/b21-11+/t24-/m0/s1. The van der Waals surface area contributed by atoms with Gasteiger partial charge in [0.1, 0.15) is 11.8 Å². The lowest BCUT2D eigenvalue weighted by atomic mass is 9.93. The molecule has 0 amide bonds. The van der Waals surface area contributed by atoms with E-state index in [4.69, 9.17) is 47.5 Å². The van der Waals surface area contributed by atoms with Gasteiger partial charge in [0.15, 0.2) is 17.2 Å². The van der Waals surface area contributed by atoms with Crippen molar-refractivity contribution in [3.05, 3.63) is 86.9 Å². The highest BCUT2D eigenvalue weighted by Crippen LogP contribution is 2.38. The first-order valence-corrected chi connectivity index (χ1v) is 14.8. The molecular weight excluding hydrogens is 659 g/mol. The summed E-state index contributed by atoms with van der Waals surface area (Å²) in [6, 6.07) is 7.55. The van der Waals surface area contributed by atoms with Gasteiger partial charge in [0.25, 0.3) is 5.56 Å². The number of methoxy groups -OCH3 is 1. The Kier molecular flexibility index (Phi) is 9.96. The number of ether oxygens (including phenoxy) is 3. The first kappa shape index (κ1) is 30.8. The van der Waals surface area contributed by atoms with Crippen LogP contribution in [0.3, 0.4) is 0 Å². The molecule has 0 aliphatic carbocycles. The van der Waals surface area contributed by atoms with Crippen molar-refractivity contribution < 1.29 is 28.9 Å². The Morgan fingerprint density at radius 1 is 1.20 bits per heavy atom. The van der Waals surface area contributed by atoms with Crippen molar-refractivity contribution in [3.63, 3.8) is 0 Å². The van der Waals surface area contributed by atoms with Crippen LogP contribution < -0.4 is 24.4 Å². The number of carbonyl (C=O) groups is 2. The summed E-state index contributed by atoms with van der Waals surface area (Å²) >= 11 is 17.3. The monoisotopic (exact) mass is 682 g/mol. The minimum absolute atomic E-state index is 0.0272. The van der Waals surface area contributed by atoms with Crippen molar-refractivity contribution in [2.75, 3.05) is 20.3 Å². The van der Waals surface area contributed by atoms with Gasteiger partial charge in [0, 0.05) is 10.0 Å². The van der Waals surface area contributed by atoms with Crippen molar-refractivity contribution >= 4 is 68.5 Å². The maximum atomic E-state index is 14.0. The number of hydrogen-bond donors (Lipinski definition) is 1. The molecule has 13 heteroatoms. The fourth-order valence-electron chi connectivity index (χ4n) is 4.42. The maximum absolute atomic E-state index is 14.0. The van der Waals surface area contributed by atoms with Gasteiger partial charge in [-0.1, -0.05) is 63.8 Å². The minimum Gasteiger partial charge on any atom is -0.496 e. The van der Waals surface area contributed by atoms with Crippen LogP contribution in [0.5, 0.6) is 11.5 Å². The molecule has 2 aromatic carbocycles. The molecule has 9 nitrogen and oxygen atoms in total. The van der Waals surface area contributed by atoms with Crippen LogP contribution in [0.25, 0.3) is 6.08 Å². The highest BCUT2D eigenvalue weighted by atomic mass is 79.9. The fraction of sp³-hybridized carbons (Fsp3) is 0.286. The number of thiazole rings is 1. The molecule has 1 aliphatic rings. The summed E-state index contributed by atoms with van der Waals surface area (Å²) in [7, 11) is 1.52. The van der Waals surface area contributed by atoms with Crippen LogP contribution in [-0.4, -0.2) is 41.9 Å². The third-order valence-electron chi connectivity index (χ3n) is 6.04. The third-order valence-corrected chi connectivity index (χ3v) is 8.07. The number of nitrogens with zero attached hydrogens (tertiary/aromatic N) is 2. The lowest BCUT2D eigenvalue weighted by Crippen LogP contribution is -2.40. The predicted octanol–water partition coefficient (Wildman–Crippen LogP) is 5.12. The van der Waals surface area contributed by atoms with Crippen LogP contribution in [-0.2, 0) is 14.3 Å². The van der Waals surface area contributed by atoms with E-state index in [1.165, 1.54) is 23.8 Å². The molecule has 3 aromatic rings. The zero-order valence-corrected chi connectivity index (χ0v) is 26.1. The predicted molar refractivity (Wildman–Crippen MR) is 160 cm³/mol. The Balaban J connectivity index is 1.96. The minimum atomic E-state index is -1.18. The van der Waals surface area contributed by atoms with E-state index in [0.29, 0.717) is 44.7 Å². The largest absolute Gasteiger partial charge is 0.496 e. The zero-order valence-electron chi connectivity index (χ0n) is 22.2. The molecule has 0 saturated heterocycles. The lowest BCUT2D eigenvalue weighted by molar-refractivity contribution is -0.140. The van der Waals surface area contributed by atoms with E-state index in [-0.39, 0.29) is 28.0 Å². The van der Waals surface area contributed by atoms with Crippen molar-refractivity contribution in [1.29, 1.82) is 0 Å². The zero-order chi connectivity index (χ0) is 29.8. The van der Waals surface area contributed by atoms with Crippen molar-refractivity contribution in [3.8, 4) is 11.5 Å². The van der Waals surface area contributed by atoms with Gasteiger partial charge in [0.05, 0.1) is 39.6 Å². The Hall–Kier alpha value is -3.12. The number of aromatic nitrogens is 1. The maximum Gasteiger partial charge on any atom is 0.341 e. The highest BCUT2D eigenvalue weighted by molar-refractivity contribution is 9.10. The number of fused-ring (bicyclic) bond motifs is 1. The molecule has 1 aliphatic heterocycles. The number of carbonyl (C=O) groups excluding carboxylic acids is 1. The average Bonchev–Trinajstić information content (AvgIpc) is 3.21. The number of allylic oxidation sites excluding steroid dienone is 1. The number of hydrogen-bond acceptors (Lipinski definition) is 8. The SMILES string of the molecule is CCCC1=C(C(=O)OCC)[C@H](c2cc(Br)ccc2OC)n2c(s/c(=C/c3cc(Cl)c(OCC(=O)O)c(Cl)c3)c2=O)=N1. The van der Waals surface area contributed by atoms with Gasteiger partial charge in [-0.25, -0.2) is 14.6 Å². The van der Waals surface area contributed by atoms with Crippen molar-refractivity contribution in [2.24, 2.45) is 4.99 Å². The van der Waals surface area contributed by atoms with E-state index in [0.717, 1.165) is 15.8 Å². The molecule has 0 saturated carbocycles. The van der Waals surface area contributed by atoms with Crippen LogP contribution in [0.1, 0.15) is 43.9 Å². The highest BCUT2D eigenvalue weighted by Gasteiger charge is 2.36. The van der Waals surface area contributed by atoms with E-state index < -0.39 is 30.1 Å².